The van der Waals surface area contributed by atoms with Gasteiger partial charge in [0.1, 0.15) is 0 Å². The summed E-state index contributed by atoms with van der Waals surface area (Å²) in [7, 11) is 2.38. The Kier molecular flexibility index (Phi) is 3.21. The Morgan fingerprint density at radius 2 is 1.75 bits per heavy atom. The molecule has 0 amide bonds. The number of rotatable bonds is 5. The molecule has 0 saturated heterocycles. The lowest BCUT2D eigenvalue weighted by Crippen LogP contribution is -2.52. The van der Waals surface area contributed by atoms with Crippen molar-refractivity contribution in [3.8, 4) is 0 Å². The van der Waals surface area contributed by atoms with Crippen LogP contribution in [0.15, 0.2) is 0 Å². The van der Waals surface area contributed by atoms with E-state index in [9.17, 15) is 0 Å². The summed E-state index contributed by atoms with van der Waals surface area (Å²) in [5.41, 5.74) is 0. The maximum absolute atomic E-state index is 3.71. The minimum absolute atomic E-state index is 0.887. The molecule has 3 rings (SSSR count). The molecule has 92 valence electrons. The van der Waals surface area contributed by atoms with E-state index in [2.05, 4.69) is 17.3 Å². The molecule has 2 atom stereocenters. The van der Waals surface area contributed by atoms with Gasteiger partial charge in [0.05, 0.1) is 0 Å². The lowest BCUT2D eigenvalue weighted by molar-refractivity contribution is 0.0514. The zero-order valence-corrected chi connectivity index (χ0v) is 10.6. The fraction of sp³-hybridized carbons (Fsp3) is 1.00. The van der Waals surface area contributed by atoms with E-state index < -0.39 is 0 Å². The van der Waals surface area contributed by atoms with E-state index in [0.717, 1.165) is 24.0 Å². The maximum Gasteiger partial charge on any atom is 0.0136 e. The van der Waals surface area contributed by atoms with Crippen molar-refractivity contribution in [3.05, 3.63) is 0 Å². The molecule has 0 spiro atoms. The fourth-order valence-electron chi connectivity index (χ4n) is 3.51. The van der Waals surface area contributed by atoms with Crippen molar-refractivity contribution in [2.45, 2.75) is 69.5 Å². The second-order valence-electron chi connectivity index (χ2n) is 6.19. The van der Waals surface area contributed by atoms with E-state index in [4.69, 9.17) is 0 Å². The van der Waals surface area contributed by atoms with E-state index in [1.165, 1.54) is 57.9 Å². The molecule has 16 heavy (non-hydrogen) atoms. The molecule has 0 aromatic carbocycles. The Labute approximate surface area is 99.8 Å². The van der Waals surface area contributed by atoms with Gasteiger partial charge in [0.15, 0.2) is 0 Å². The van der Waals surface area contributed by atoms with Crippen LogP contribution in [0, 0.1) is 5.92 Å². The summed E-state index contributed by atoms with van der Waals surface area (Å²) in [4.78, 5) is 2.72. The predicted molar refractivity (Wildman–Crippen MR) is 67.6 cm³/mol. The molecule has 0 aliphatic heterocycles. The Hall–Kier alpha value is -0.0800. The van der Waals surface area contributed by atoms with Gasteiger partial charge < -0.3 is 10.2 Å². The highest BCUT2D eigenvalue weighted by atomic mass is 15.2. The summed E-state index contributed by atoms with van der Waals surface area (Å²) in [6, 6.07) is 2.70. The smallest absolute Gasteiger partial charge is 0.0136 e. The molecular formula is C14H26N2. The predicted octanol–water partition coefficient (Wildman–Crippen LogP) is 2.39. The van der Waals surface area contributed by atoms with Crippen molar-refractivity contribution in [1.82, 2.24) is 10.2 Å². The normalized spacial score (nSPS) is 35.6. The Bertz CT molecular complexity index is 231. The molecule has 0 heterocycles. The van der Waals surface area contributed by atoms with Crippen LogP contribution < -0.4 is 5.32 Å². The highest BCUT2D eigenvalue weighted by Gasteiger charge is 2.37. The summed E-state index contributed by atoms with van der Waals surface area (Å²) >= 11 is 0. The fourth-order valence-corrected chi connectivity index (χ4v) is 3.51. The largest absolute Gasteiger partial charge is 0.314 e. The molecule has 3 saturated carbocycles. The average molecular weight is 222 g/mol. The summed E-state index contributed by atoms with van der Waals surface area (Å²) in [5.74, 6) is 0.950. The minimum atomic E-state index is 0.887. The molecule has 1 N–H and O–H groups in total. The number of nitrogens with one attached hydrogen (secondary N) is 1. The Balaban J connectivity index is 1.45. The van der Waals surface area contributed by atoms with Crippen LogP contribution in [0.3, 0.4) is 0 Å². The van der Waals surface area contributed by atoms with Gasteiger partial charge in [-0.2, -0.15) is 0 Å². The highest BCUT2D eigenvalue weighted by Crippen LogP contribution is 2.36. The van der Waals surface area contributed by atoms with Gasteiger partial charge in [-0.05, 0) is 58.0 Å². The van der Waals surface area contributed by atoms with Crippen LogP contribution in [0.2, 0.25) is 0 Å². The summed E-state index contributed by atoms with van der Waals surface area (Å²) < 4.78 is 0. The number of hydrogen-bond acceptors (Lipinski definition) is 2. The quantitative estimate of drug-likeness (QED) is 0.768. The van der Waals surface area contributed by atoms with E-state index in [0.29, 0.717) is 0 Å². The molecule has 2 unspecified atom stereocenters. The van der Waals surface area contributed by atoms with Gasteiger partial charge in [0.25, 0.3) is 0 Å². The maximum atomic E-state index is 3.71. The van der Waals surface area contributed by atoms with Gasteiger partial charge in [-0.1, -0.05) is 12.8 Å². The van der Waals surface area contributed by atoms with Gasteiger partial charge >= 0.3 is 0 Å². The third-order valence-corrected chi connectivity index (χ3v) is 5.05. The SMILES string of the molecule is CN(C1CCCC1)C1CCC1CNC1CC1. The molecule has 2 nitrogen and oxygen atoms in total. The topological polar surface area (TPSA) is 15.3 Å². The third-order valence-electron chi connectivity index (χ3n) is 5.05. The van der Waals surface area contributed by atoms with Gasteiger partial charge in [0.2, 0.25) is 0 Å². The highest BCUT2D eigenvalue weighted by molar-refractivity contribution is 4.94. The zero-order valence-electron chi connectivity index (χ0n) is 10.6. The first-order chi connectivity index (χ1) is 7.84. The van der Waals surface area contributed by atoms with Crippen molar-refractivity contribution in [2.75, 3.05) is 13.6 Å². The van der Waals surface area contributed by atoms with Crippen LogP contribution in [0.1, 0.15) is 51.4 Å². The molecule has 3 fully saturated rings. The number of hydrogen-bond donors (Lipinski definition) is 1. The number of nitrogens with zero attached hydrogens (tertiary/aromatic N) is 1. The van der Waals surface area contributed by atoms with E-state index in [1.807, 2.05) is 0 Å². The lowest BCUT2D eigenvalue weighted by Gasteiger charge is -2.45. The van der Waals surface area contributed by atoms with Crippen LogP contribution in [0.4, 0.5) is 0 Å². The molecule has 0 aromatic rings. The molecule has 3 aliphatic carbocycles. The molecule has 2 heteroatoms. The Morgan fingerprint density at radius 1 is 1.00 bits per heavy atom. The Morgan fingerprint density at radius 3 is 2.31 bits per heavy atom. The van der Waals surface area contributed by atoms with Crippen molar-refractivity contribution >= 4 is 0 Å². The average Bonchev–Trinajstić information content (AvgIpc) is 2.90. The van der Waals surface area contributed by atoms with Crippen LogP contribution in [-0.4, -0.2) is 36.6 Å². The first-order valence-corrected chi connectivity index (χ1v) is 7.30. The molecule has 0 aromatic heterocycles. The molecular weight excluding hydrogens is 196 g/mol. The van der Waals surface area contributed by atoms with Gasteiger partial charge in [0, 0.05) is 18.1 Å². The van der Waals surface area contributed by atoms with E-state index >= 15 is 0 Å². The van der Waals surface area contributed by atoms with Crippen LogP contribution in [-0.2, 0) is 0 Å². The summed E-state index contributed by atoms with van der Waals surface area (Å²) in [5, 5.41) is 3.71. The second-order valence-corrected chi connectivity index (χ2v) is 6.19. The standard InChI is InChI=1S/C14H26N2/c1-16(13-4-2-3-5-13)14-9-6-11(14)10-15-12-7-8-12/h11-15H,2-10H2,1H3. The first-order valence-electron chi connectivity index (χ1n) is 7.30. The first kappa shape index (κ1) is 11.0. The molecule has 0 bridgehead atoms. The van der Waals surface area contributed by atoms with Gasteiger partial charge in [-0.25, -0.2) is 0 Å². The molecule has 3 aliphatic rings. The van der Waals surface area contributed by atoms with Crippen LogP contribution >= 0.6 is 0 Å². The van der Waals surface area contributed by atoms with Crippen LogP contribution in [0.25, 0.3) is 0 Å². The van der Waals surface area contributed by atoms with Crippen molar-refractivity contribution < 1.29 is 0 Å². The van der Waals surface area contributed by atoms with E-state index in [1.54, 1.807) is 0 Å². The van der Waals surface area contributed by atoms with Gasteiger partial charge in [-0.3, -0.25) is 0 Å². The summed E-state index contributed by atoms with van der Waals surface area (Å²) in [6.07, 6.45) is 11.6. The minimum Gasteiger partial charge on any atom is -0.314 e. The zero-order chi connectivity index (χ0) is 11.0. The summed E-state index contributed by atoms with van der Waals surface area (Å²) in [6.45, 7) is 1.28. The third kappa shape index (κ3) is 2.28. The van der Waals surface area contributed by atoms with Crippen LogP contribution in [0.5, 0.6) is 0 Å². The van der Waals surface area contributed by atoms with Crippen molar-refractivity contribution in [1.29, 1.82) is 0 Å². The monoisotopic (exact) mass is 222 g/mol. The van der Waals surface area contributed by atoms with Crippen molar-refractivity contribution in [3.63, 3.8) is 0 Å². The van der Waals surface area contributed by atoms with E-state index in [-0.39, 0.29) is 0 Å². The van der Waals surface area contributed by atoms with Gasteiger partial charge in [-0.15, -0.1) is 0 Å². The van der Waals surface area contributed by atoms with Crippen molar-refractivity contribution in [2.24, 2.45) is 5.92 Å². The lowest BCUT2D eigenvalue weighted by atomic mass is 9.78. The molecule has 0 radical (unpaired) electrons. The second kappa shape index (κ2) is 4.66.